The van der Waals surface area contributed by atoms with E-state index >= 15 is 0 Å². The number of hydrogen-bond donors (Lipinski definition) is 3. The van der Waals surface area contributed by atoms with Crippen LogP contribution >= 0.6 is 0 Å². The van der Waals surface area contributed by atoms with Crippen molar-refractivity contribution >= 4 is 0 Å². The topological polar surface area (TPSA) is 60.7 Å². The van der Waals surface area contributed by atoms with Crippen molar-refractivity contribution in [2.45, 2.75) is 97.2 Å². The quantitative estimate of drug-likeness (QED) is 0.348. The molecule has 0 aromatic heterocycles. The maximum absolute atomic E-state index is 10.5. The van der Waals surface area contributed by atoms with Crippen LogP contribution in [0.3, 0.4) is 0 Å². The van der Waals surface area contributed by atoms with Gasteiger partial charge < -0.3 is 15.3 Å². The maximum Gasteiger partial charge on any atom is 0.0825 e. The van der Waals surface area contributed by atoms with Crippen LogP contribution in [0.25, 0.3) is 0 Å². The Morgan fingerprint density at radius 2 is 1.91 bits per heavy atom. The Labute approximate surface area is 208 Å². The summed E-state index contributed by atoms with van der Waals surface area (Å²) in [4.78, 5) is 0. The molecule has 3 aliphatic carbocycles. The summed E-state index contributed by atoms with van der Waals surface area (Å²) in [5.41, 5.74) is 3.29. The van der Waals surface area contributed by atoms with Gasteiger partial charge in [-0.25, -0.2) is 0 Å². The summed E-state index contributed by atoms with van der Waals surface area (Å²) in [5.74, 6) is 1.77. The summed E-state index contributed by atoms with van der Waals surface area (Å²) < 4.78 is 0. The van der Waals surface area contributed by atoms with Gasteiger partial charge in [0.25, 0.3) is 0 Å². The van der Waals surface area contributed by atoms with Crippen LogP contribution in [0.4, 0.5) is 0 Å². The van der Waals surface area contributed by atoms with Gasteiger partial charge in [-0.15, -0.1) is 0 Å². The zero-order valence-electron chi connectivity index (χ0n) is 22.0. The van der Waals surface area contributed by atoms with E-state index in [1.807, 2.05) is 26.0 Å². The molecule has 3 saturated carbocycles. The van der Waals surface area contributed by atoms with Gasteiger partial charge in [0.2, 0.25) is 0 Å². The molecule has 3 nitrogen and oxygen atoms in total. The molecule has 190 valence electrons. The van der Waals surface area contributed by atoms with E-state index in [-0.39, 0.29) is 18.6 Å². The van der Waals surface area contributed by atoms with Crippen LogP contribution in [0.15, 0.2) is 59.8 Å². The average molecular weight is 469 g/mol. The standard InChI is InChI=1S/C31H48O3/c1-6-31(34,7-2)18-9-8-11-22(3)28-15-16-29-24(12-10-17-30(28,29)5)13-14-25-19-27(33)20-26(21-32)23(25)4/h8-9,11,13-14,18,22,26-29,32-34H,4,6-7,10,12,15-17,19-21H2,1-3,5H3/b11-8+,18-9+,24-13+,25-14-/t22-,26+,27?,28-,29+,30-/m1/s1. The molecule has 0 radical (unpaired) electrons. The van der Waals surface area contributed by atoms with Crippen molar-refractivity contribution in [3.8, 4) is 0 Å². The lowest BCUT2D eigenvalue weighted by atomic mass is 9.61. The van der Waals surface area contributed by atoms with Crippen molar-refractivity contribution in [2.75, 3.05) is 6.61 Å². The largest absolute Gasteiger partial charge is 0.396 e. The highest BCUT2D eigenvalue weighted by Crippen LogP contribution is 2.59. The fraction of sp³-hybridized carbons (Fsp3) is 0.677. The second-order valence-corrected chi connectivity index (χ2v) is 11.4. The van der Waals surface area contributed by atoms with E-state index in [0.29, 0.717) is 36.0 Å². The fourth-order valence-corrected chi connectivity index (χ4v) is 7.01. The molecule has 3 aliphatic rings. The molecule has 0 bridgehead atoms. The molecule has 0 spiro atoms. The highest BCUT2D eigenvalue weighted by molar-refractivity contribution is 5.38. The van der Waals surface area contributed by atoms with E-state index in [4.69, 9.17) is 0 Å². The molecule has 3 fully saturated rings. The lowest BCUT2D eigenvalue weighted by Crippen LogP contribution is -2.35. The predicted molar refractivity (Wildman–Crippen MR) is 142 cm³/mol. The van der Waals surface area contributed by atoms with Gasteiger partial charge in [-0.05, 0) is 92.1 Å². The number of allylic oxidation sites excluding steroid dienone is 6. The minimum Gasteiger partial charge on any atom is -0.396 e. The second-order valence-electron chi connectivity index (χ2n) is 11.4. The number of rotatable bonds is 8. The summed E-state index contributed by atoms with van der Waals surface area (Å²) in [6.07, 6.45) is 21.5. The number of aliphatic hydroxyl groups is 3. The molecule has 0 amide bonds. The lowest BCUT2D eigenvalue weighted by Gasteiger charge is -2.44. The van der Waals surface area contributed by atoms with Crippen LogP contribution in [0, 0.1) is 29.1 Å². The summed E-state index contributed by atoms with van der Waals surface area (Å²) in [5, 5.41) is 30.4. The zero-order chi connectivity index (χ0) is 24.9. The van der Waals surface area contributed by atoms with Crippen molar-refractivity contribution in [1.29, 1.82) is 0 Å². The third kappa shape index (κ3) is 5.86. The maximum atomic E-state index is 10.5. The average Bonchev–Trinajstić information content (AvgIpc) is 3.19. The third-order valence-electron chi connectivity index (χ3n) is 9.47. The van der Waals surface area contributed by atoms with Gasteiger partial charge in [0.15, 0.2) is 0 Å². The van der Waals surface area contributed by atoms with E-state index in [0.717, 1.165) is 30.4 Å². The van der Waals surface area contributed by atoms with Crippen molar-refractivity contribution in [1.82, 2.24) is 0 Å². The molecule has 0 aliphatic heterocycles. The number of aliphatic hydroxyl groups excluding tert-OH is 2. The van der Waals surface area contributed by atoms with Crippen molar-refractivity contribution in [3.05, 3.63) is 59.8 Å². The first-order chi connectivity index (χ1) is 16.2. The number of fused-ring (bicyclic) bond motifs is 1. The minimum atomic E-state index is -0.688. The Morgan fingerprint density at radius 3 is 2.59 bits per heavy atom. The molecule has 0 aromatic carbocycles. The second kappa shape index (κ2) is 11.5. The third-order valence-corrected chi connectivity index (χ3v) is 9.47. The highest BCUT2D eigenvalue weighted by atomic mass is 16.3. The highest BCUT2D eigenvalue weighted by Gasteiger charge is 2.50. The molecular weight excluding hydrogens is 420 g/mol. The fourth-order valence-electron chi connectivity index (χ4n) is 7.01. The van der Waals surface area contributed by atoms with E-state index in [2.05, 4.69) is 44.7 Å². The first kappa shape index (κ1) is 27.2. The monoisotopic (exact) mass is 468 g/mol. The Kier molecular flexibility index (Phi) is 9.23. The molecule has 1 unspecified atom stereocenters. The van der Waals surface area contributed by atoms with Crippen molar-refractivity contribution < 1.29 is 15.3 Å². The van der Waals surface area contributed by atoms with Crippen LogP contribution < -0.4 is 0 Å². The summed E-state index contributed by atoms with van der Waals surface area (Å²) in [6, 6.07) is 0. The van der Waals surface area contributed by atoms with Crippen LogP contribution in [-0.4, -0.2) is 33.6 Å². The smallest absolute Gasteiger partial charge is 0.0825 e. The lowest BCUT2D eigenvalue weighted by molar-refractivity contribution is 0.0828. The van der Waals surface area contributed by atoms with E-state index in [1.165, 1.54) is 25.7 Å². The summed E-state index contributed by atoms with van der Waals surface area (Å²) in [6.45, 7) is 13.2. The van der Waals surface area contributed by atoms with Gasteiger partial charge in [0, 0.05) is 5.92 Å². The Morgan fingerprint density at radius 1 is 1.18 bits per heavy atom. The summed E-state index contributed by atoms with van der Waals surface area (Å²) in [7, 11) is 0. The Balaban J connectivity index is 1.72. The van der Waals surface area contributed by atoms with Crippen LogP contribution in [0.1, 0.15) is 85.5 Å². The Bertz CT molecular complexity index is 828. The van der Waals surface area contributed by atoms with Gasteiger partial charge >= 0.3 is 0 Å². The summed E-state index contributed by atoms with van der Waals surface area (Å²) >= 11 is 0. The zero-order valence-corrected chi connectivity index (χ0v) is 22.0. The Hall–Kier alpha value is -1.42. The molecule has 3 rings (SSSR count). The van der Waals surface area contributed by atoms with E-state index < -0.39 is 5.60 Å². The molecule has 3 N–H and O–H groups in total. The van der Waals surface area contributed by atoms with Crippen LogP contribution in [0.2, 0.25) is 0 Å². The van der Waals surface area contributed by atoms with Gasteiger partial charge in [-0.3, -0.25) is 0 Å². The molecular formula is C31H48O3. The van der Waals surface area contributed by atoms with Gasteiger partial charge in [0.1, 0.15) is 0 Å². The van der Waals surface area contributed by atoms with Crippen molar-refractivity contribution in [3.63, 3.8) is 0 Å². The molecule has 0 heterocycles. The predicted octanol–water partition coefficient (Wildman–Crippen LogP) is 6.67. The van der Waals surface area contributed by atoms with Gasteiger partial charge in [-0.1, -0.05) is 76.3 Å². The van der Waals surface area contributed by atoms with Crippen LogP contribution in [0.5, 0.6) is 0 Å². The first-order valence-electron chi connectivity index (χ1n) is 13.6. The molecule has 6 atom stereocenters. The SMILES string of the molecule is C=C1/C(=C\C=C2/CCC[C@]3(C)[C@@H]([C@H](C)/C=C/C=C/C(O)(CC)CC)CC[C@@H]23)CC(O)C[C@H]1CO. The first-order valence-corrected chi connectivity index (χ1v) is 13.6. The van der Waals surface area contributed by atoms with Crippen LogP contribution in [-0.2, 0) is 0 Å². The molecule has 0 aromatic rings. The number of hydrogen-bond acceptors (Lipinski definition) is 3. The molecule has 34 heavy (non-hydrogen) atoms. The molecule has 3 heteroatoms. The van der Waals surface area contributed by atoms with Crippen molar-refractivity contribution in [2.24, 2.45) is 29.1 Å². The van der Waals surface area contributed by atoms with E-state index in [9.17, 15) is 15.3 Å². The van der Waals surface area contributed by atoms with Gasteiger partial charge in [-0.2, -0.15) is 0 Å². The van der Waals surface area contributed by atoms with Gasteiger partial charge in [0.05, 0.1) is 18.3 Å². The normalized spacial score (nSPS) is 36.1. The van der Waals surface area contributed by atoms with E-state index in [1.54, 1.807) is 5.57 Å². The molecule has 0 saturated heterocycles. The minimum absolute atomic E-state index is 0.0202.